The van der Waals surface area contributed by atoms with Crippen LogP contribution in [0.25, 0.3) is 0 Å². The van der Waals surface area contributed by atoms with Gasteiger partial charge in [0.15, 0.2) is 0 Å². The number of carbonyl (C=O) groups excluding carboxylic acids is 2. The van der Waals surface area contributed by atoms with Crippen LogP contribution in [0, 0.1) is 0 Å². The van der Waals surface area contributed by atoms with Crippen molar-refractivity contribution >= 4 is 11.9 Å². The molecule has 0 heterocycles. The lowest BCUT2D eigenvalue weighted by molar-refractivity contribution is -0.270. The van der Waals surface area contributed by atoms with Gasteiger partial charge < -0.3 is 10.1 Å². The van der Waals surface area contributed by atoms with Gasteiger partial charge in [-0.1, -0.05) is 0 Å². The van der Waals surface area contributed by atoms with E-state index in [4.69, 9.17) is 0 Å². The van der Waals surface area contributed by atoms with Gasteiger partial charge in [0.2, 0.25) is 0 Å². The zero-order valence-corrected chi connectivity index (χ0v) is 8.19. The molecular formula is C7H8F5NO3. The van der Waals surface area contributed by atoms with E-state index in [2.05, 4.69) is 4.74 Å². The number of ether oxygens (including phenoxy) is 1. The molecule has 1 amide bonds. The van der Waals surface area contributed by atoms with Crippen molar-refractivity contribution in [1.29, 1.82) is 0 Å². The molecule has 0 aromatic heterocycles. The van der Waals surface area contributed by atoms with Crippen molar-refractivity contribution in [3.63, 3.8) is 0 Å². The maximum atomic E-state index is 12.4. The quantitative estimate of drug-likeness (QED) is 0.596. The first-order valence-corrected chi connectivity index (χ1v) is 3.87. The number of methoxy groups -OCH3 is 1. The minimum absolute atomic E-state index is 0.896. The Morgan fingerprint density at radius 3 is 1.94 bits per heavy atom. The molecule has 0 saturated carbocycles. The van der Waals surface area contributed by atoms with E-state index in [9.17, 15) is 31.5 Å². The van der Waals surface area contributed by atoms with Gasteiger partial charge in [0.05, 0.1) is 7.11 Å². The number of esters is 1. The summed E-state index contributed by atoms with van der Waals surface area (Å²) in [4.78, 5) is 21.2. The number of alkyl halides is 5. The van der Waals surface area contributed by atoms with E-state index in [1.165, 1.54) is 5.32 Å². The highest BCUT2D eigenvalue weighted by atomic mass is 19.4. The van der Waals surface area contributed by atoms with Crippen molar-refractivity contribution in [3.8, 4) is 0 Å². The number of carbonyl (C=O) groups is 2. The topological polar surface area (TPSA) is 55.4 Å². The zero-order chi connectivity index (χ0) is 13.1. The molecule has 0 aliphatic carbocycles. The van der Waals surface area contributed by atoms with Crippen molar-refractivity contribution in [2.24, 2.45) is 0 Å². The lowest BCUT2D eigenvalue weighted by atomic mass is 10.2. The van der Waals surface area contributed by atoms with Crippen LogP contribution in [0.1, 0.15) is 6.92 Å². The Hall–Kier alpha value is -1.41. The third-order valence-electron chi connectivity index (χ3n) is 1.54. The van der Waals surface area contributed by atoms with Crippen molar-refractivity contribution in [1.82, 2.24) is 5.32 Å². The summed E-state index contributed by atoms with van der Waals surface area (Å²) in [5.74, 6) is -9.28. The molecule has 94 valence electrons. The van der Waals surface area contributed by atoms with E-state index in [1.54, 1.807) is 0 Å². The molecule has 0 unspecified atom stereocenters. The Balaban J connectivity index is 4.66. The highest BCUT2D eigenvalue weighted by molar-refractivity contribution is 5.88. The number of hydrogen-bond donors (Lipinski definition) is 1. The average molecular weight is 249 g/mol. The molecule has 9 heteroatoms. The molecule has 0 bridgehead atoms. The fraction of sp³-hybridized carbons (Fsp3) is 0.714. The number of nitrogens with one attached hydrogen (secondary N) is 1. The van der Waals surface area contributed by atoms with E-state index < -0.39 is 30.0 Å². The summed E-state index contributed by atoms with van der Waals surface area (Å²) < 4.78 is 63.8. The van der Waals surface area contributed by atoms with E-state index in [-0.39, 0.29) is 0 Å². The predicted octanol–water partition coefficient (Wildman–Crippen LogP) is 0.862. The molecule has 0 rings (SSSR count). The van der Waals surface area contributed by atoms with Gasteiger partial charge in [-0.3, -0.25) is 4.79 Å². The molecule has 0 radical (unpaired) electrons. The number of hydrogen-bond acceptors (Lipinski definition) is 3. The molecule has 0 saturated heterocycles. The highest BCUT2D eigenvalue weighted by Gasteiger charge is 2.63. The summed E-state index contributed by atoms with van der Waals surface area (Å²) in [5.41, 5.74) is 0. The summed E-state index contributed by atoms with van der Waals surface area (Å²) in [6, 6.07) is -1.59. The van der Waals surface area contributed by atoms with Gasteiger partial charge in [-0.2, -0.15) is 22.0 Å². The van der Waals surface area contributed by atoms with E-state index in [1.807, 2.05) is 0 Å². The van der Waals surface area contributed by atoms with Crippen molar-refractivity contribution < 1.29 is 36.3 Å². The first kappa shape index (κ1) is 14.6. The van der Waals surface area contributed by atoms with Crippen LogP contribution in [0.4, 0.5) is 22.0 Å². The minimum atomic E-state index is -6.01. The Bertz CT molecular complexity index is 288. The molecular weight excluding hydrogens is 241 g/mol. The lowest BCUT2D eigenvalue weighted by Gasteiger charge is -2.20. The largest absolute Gasteiger partial charge is 0.467 e. The molecule has 0 aromatic carbocycles. The first-order valence-electron chi connectivity index (χ1n) is 3.87. The Labute approximate surface area is 86.7 Å². The van der Waals surface area contributed by atoms with E-state index >= 15 is 0 Å². The van der Waals surface area contributed by atoms with Gasteiger partial charge in [0.25, 0.3) is 0 Å². The lowest BCUT2D eigenvalue weighted by Crippen LogP contribution is -2.54. The SMILES string of the molecule is COC(=O)[C@H](C)NC(=O)C(F)(F)C(F)(F)F. The van der Waals surface area contributed by atoms with Gasteiger partial charge >= 0.3 is 24.0 Å². The normalized spacial score (nSPS) is 14.2. The summed E-state index contributed by atoms with van der Waals surface area (Å²) in [6.07, 6.45) is -6.01. The fourth-order valence-electron chi connectivity index (χ4n) is 0.652. The summed E-state index contributed by atoms with van der Waals surface area (Å²) in [7, 11) is 0.896. The monoisotopic (exact) mass is 249 g/mol. The van der Waals surface area contributed by atoms with Crippen LogP contribution >= 0.6 is 0 Å². The van der Waals surface area contributed by atoms with Crippen molar-refractivity contribution in [2.45, 2.75) is 25.1 Å². The Morgan fingerprint density at radius 1 is 1.19 bits per heavy atom. The predicted molar refractivity (Wildman–Crippen MR) is 40.6 cm³/mol. The molecule has 0 aromatic rings. The summed E-state index contributed by atoms with van der Waals surface area (Å²) in [5, 5.41) is 1.19. The van der Waals surface area contributed by atoms with Crippen LogP contribution < -0.4 is 5.32 Å². The number of halogens is 5. The highest BCUT2D eigenvalue weighted by Crippen LogP contribution is 2.35. The van der Waals surface area contributed by atoms with Crippen LogP contribution in [0.2, 0.25) is 0 Å². The van der Waals surface area contributed by atoms with Crippen LogP contribution in [0.3, 0.4) is 0 Å². The molecule has 0 aliphatic heterocycles. The third-order valence-corrected chi connectivity index (χ3v) is 1.54. The van der Waals surface area contributed by atoms with Crippen LogP contribution in [-0.4, -0.2) is 37.1 Å². The molecule has 0 aliphatic rings. The van der Waals surface area contributed by atoms with Gasteiger partial charge in [0.1, 0.15) is 6.04 Å². The molecule has 1 N–H and O–H groups in total. The van der Waals surface area contributed by atoms with Crippen LogP contribution in [0.15, 0.2) is 0 Å². The van der Waals surface area contributed by atoms with Gasteiger partial charge in [-0.05, 0) is 6.92 Å². The maximum Gasteiger partial charge on any atom is 0.463 e. The minimum Gasteiger partial charge on any atom is -0.467 e. The van der Waals surface area contributed by atoms with Crippen LogP contribution in [-0.2, 0) is 14.3 Å². The third kappa shape index (κ3) is 3.04. The first-order chi connectivity index (χ1) is 7.04. The van der Waals surface area contributed by atoms with Crippen molar-refractivity contribution in [2.75, 3.05) is 7.11 Å². The summed E-state index contributed by atoms with van der Waals surface area (Å²) >= 11 is 0. The molecule has 0 spiro atoms. The smallest absolute Gasteiger partial charge is 0.463 e. The van der Waals surface area contributed by atoms with Crippen LogP contribution in [0.5, 0.6) is 0 Å². The molecule has 4 nitrogen and oxygen atoms in total. The second-order valence-corrected chi connectivity index (χ2v) is 2.79. The van der Waals surface area contributed by atoms with Gasteiger partial charge in [0, 0.05) is 0 Å². The fourth-order valence-corrected chi connectivity index (χ4v) is 0.652. The maximum absolute atomic E-state index is 12.4. The average Bonchev–Trinajstić information content (AvgIpc) is 2.14. The Morgan fingerprint density at radius 2 is 1.62 bits per heavy atom. The number of rotatable bonds is 3. The second-order valence-electron chi connectivity index (χ2n) is 2.79. The molecule has 16 heavy (non-hydrogen) atoms. The van der Waals surface area contributed by atoms with E-state index in [0.717, 1.165) is 14.0 Å². The molecule has 0 fully saturated rings. The summed E-state index contributed by atoms with van der Waals surface area (Å²) in [6.45, 7) is 0.913. The Kier molecular flexibility index (Phi) is 4.21. The number of amides is 1. The van der Waals surface area contributed by atoms with Gasteiger partial charge in [-0.25, -0.2) is 4.79 Å². The van der Waals surface area contributed by atoms with Crippen molar-refractivity contribution in [3.05, 3.63) is 0 Å². The zero-order valence-electron chi connectivity index (χ0n) is 8.19. The molecule has 1 atom stereocenters. The van der Waals surface area contributed by atoms with E-state index in [0.29, 0.717) is 0 Å². The van der Waals surface area contributed by atoms with Gasteiger partial charge in [-0.15, -0.1) is 0 Å². The standard InChI is InChI=1S/C7H8F5NO3/c1-3(4(14)16-2)13-5(15)6(8,9)7(10,11)12/h3H,1-2H3,(H,13,15)/t3-/m0/s1. The second kappa shape index (κ2) is 4.62.